The molecule has 0 radical (unpaired) electrons. The van der Waals surface area contributed by atoms with Crippen molar-refractivity contribution in [2.24, 2.45) is 5.16 Å². The molecule has 2 rings (SSSR count). The summed E-state index contributed by atoms with van der Waals surface area (Å²) in [6.45, 7) is 0. The van der Waals surface area contributed by atoms with Gasteiger partial charge in [0.05, 0.1) is 12.1 Å². The Labute approximate surface area is 113 Å². The number of nitrogens with zero attached hydrogens (tertiary/aromatic N) is 2. The van der Waals surface area contributed by atoms with Gasteiger partial charge in [-0.1, -0.05) is 34.6 Å². The van der Waals surface area contributed by atoms with E-state index in [4.69, 9.17) is 10.3 Å². The normalized spacial score (nSPS) is 11.6. The van der Waals surface area contributed by atoms with Crippen molar-refractivity contribution in [2.75, 3.05) is 0 Å². The third kappa shape index (κ3) is 3.19. The van der Waals surface area contributed by atoms with Crippen LogP contribution >= 0.6 is 0 Å². The van der Waals surface area contributed by atoms with E-state index in [0.29, 0.717) is 16.8 Å². The minimum atomic E-state index is -0.971. The van der Waals surface area contributed by atoms with Crippen molar-refractivity contribution in [1.82, 2.24) is 5.16 Å². The van der Waals surface area contributed by atoms with Crippen LogP contribution in [0, 0.1) is 6.01 Å². The van der Waals surface area contributed by atoms with E-state index in [1.807, 2.05) is 0 Å². The Bertz CT molecular complexity index is 634. The number of carboxylic acid groups (broad SMARTS) is 1. The molecule has 104 valence electrons. The predicted octanol–water partition coefficient (Wildman–Crippen LogP) is 2.52. The maximum atomic E-state index is 12.7. The zero-order valence-corrected chi connectivity index (χ0v) is 10.3. The molecule has 1 heterocycles. The number of rotatable bonds is 5. The molecule has 0 amide bonds. The van der Waals surface area contributed by atoms with Crippen LogP contribution in [0.25, 0.3) is 11.3 Å². The standard InChI is InChI=1S/C13H11FN2O4/c14-12-7-11(16-20-12)9-3-1-8(2-4-9)10(15-19)5-6-13(17)18/h1-4,7,19H,5-6H2,(H,17,18). The summed E-state index contributed by atoms with van der Waals surface area (Å²) in [4.78, 5) is 10.5. The van der Waals surface area contributed by atoms with Crippen molar-refractivity contribution < 1.29 is 24.0 Å². The van der Waals surface area contributed by atoms with Gasteiger partial charge in [0.2, 0.25) is 0 Å². The third-order valence-corrected chi connectivity index (χ3v) is 2.69. The van der Waals surface area contributed by atoms with Crippen molar-refractivity contribution in [3.63, 3.8) is 0 Å². The van der Waals surface area contributed by atoms with Crippen LogP contribution in [0.1, 0.15) is 18.4 Å². The van der Waals surface area contributed by atoms with Crippen molar-refractivity contribution >= 4 is 11.7 Å². The SMILES string of the molecule is O=C(O)CCC(=NO)c1ccc(-c2cc(F)on2)cc1. The Kier molecular flexibility index (Phi) is 4.09. The minimum Gasteiger partial charge on any atom is -0.481 e. The molecule has 6 nitrogen and oxygen atoms in total. The average Bonchev–Trinajstić information content (AvgIpc) is 2.86. The highest BCUT2D eigenvalue weighted by molar-refractivity contribution is 6.01. The van der Waals surface area contributed by atoms with E-state index < -0.39 is 12.0 Å². The van der Waals surface area contributed by atoms with Gasteiger partial charge in [-0.05, 0) is 5.56 Å². The second-order valence-electron chi connectivity index (χ2n) is 4.03. The number of carboxylic acids is 1. The second kappa shape index (κ2) is 5.96. The molecule has 0 saturated heterocycles. The molecule has 0 unspecified atom stereocenters. The Morgan fingerprint density at radius 3 is 2.50 bits per heavy atom. The lowest BCUT2D eigenvalue weighted by Crippen LogP contribution is -2.05. The zero-order valence-electron chi connectivity index (χ0n) is 10.3. The number of oxime groups is 1. The summed E-state index contributed by atoms with van der Waals surface area (Å²) in [5.41, 5.74) is 1.84. The van der Waals surface area contributed by atoms with Gasteiger partial charge >= 0.3 is 12.0 Å². The molecular weight excluding hydrogens is 267 g/mol. The number of halogens is 1. The fourth-order valence-electron chi connectivity index (χ4n) is 1.70. The second-order valence-corrected chi connectivity index (χ2v) is 4.03. The van der Waals surface area contributed by atoms with Crippen LogP contribution in [-0.2, 0) is 4.79 Å². The fraction of sp³-hybridized carbons (Fsp3) is 0.154. The van der Waals surface area contributed by atoms with Crippen molar-refractivity contribution in [2.45, 2.75) is 12.8 Å². The summed E-state index contributed by atoms with van der Waals surface area (Å²) in [6.07, 6.45) is -0.0145. The number of carbonyl (C=O) groups is 1. The van der Waals surface area contributed by atoms with Gasteiger partial charge in [0.15, 0.2) is 0 Å². The molecule has 0 aliphatic rings. The average molecular weight is 278 g/mol. The molecule has 1 aromatic carbocycles. The van der Waals surface area contributed by atoms with Gasteiger partial charge in [-0.3, -0.25) is 4.79 Å². The summed E-state index contributed by atoms with van der Waals surface area (Å²) in [6, 6.07) is 6.96. The molecule has 7 heteroatoms. The van der Waals surface area contributed by atoms with E-state index in [1.165, 1.54) is 0 Å². The lowest BCUT2D eigenvalue weighted by atomic mass is 10.0. The summed E-state index contributed by atoms with van der Waals surface area (Å²) >= 11 is 0. The quantitative estimate of drug-likeness (QED) is 0.497. The number of benzene rings is 1. The first-order valence-corrected chi connectivity index (χ1v) is 5.76. The van der Waals surface area contributed by atoms with Crippen molar-refractivity contribution in [1.29, 1.82) is 0 Å². The minimum absolute atomic E-state index is 0.115. The number of hydrogen-bond donors (Lipinski definition) is 2. The zero-order chi connectivity index (χ0) is 14.5. The molecule has 0 aliphatic carbocycles. The van der Waals surface area contributed by atoms with Gasteiger partial charge in [-0.15, -0.1) is 0 Å². The predicted molar refractivity (Wildman–Crippen MR) is 67.1 cm³/mol. The summed E-state index contributed by atoms with van der Waals surface area (Å²) in [7, 11) is 0. The molecular formula is C13H11FN2O4. The van der Waals surface area contributed by atoms with Gasteiger partial charge in [0, 0.05) is 18.1 Å². The maximum Gasteiger partial charge on any atom is 0.306 e. The highest BCUT2D eigenvalue weighted by atomic mass is 19.1. The van der Waals surface area contributed by atoms with E-state index in [-0.39, 0.29) is 18.6 Å². The van der Waals surface area contributed by atoms with E-state index in [9.17, 15) is 9.18 Å². The molecule has 0 saturated carbocycles. The smallest absolute Gasteiger partial charge is 0.306 e. The molecule has 1 aromatic heterocycles. The number of aromatic nitrogens is 1. The lowest BCUT2D eigenvalue weighted by Gasteiger charge is -2.04. The molecule has 0 atom stereocenters. The Balaban J connectivity index is 2.16. The van der Waals surface area contributed by atoms with E-state index >= 15 is 0 Å². The van der Waals surface area contributed by atoms with Gasteiger partial charge in [0.25, 0.3) is 0 Å². The Hall–Kier alpha value is -2.70. The van der Waals surface area contributed by atoms with Gasteiger partial charge < -0.3 is 14.8 Å². The van der Waals surface area contributed by atoms with Crippen LogP contribution in [-0.4, -0.2) is 27.2 Å². The third-order valence-electron chi connectivity index (χ3n) is 2.69. The number of aliphatic carboxylic acids is 1. The van der Waals surface area contributed by atoms with Gasteiger partial charge in [-0.2, -0.15) is 4.39 Å². The molecule has 2 N–H and O–H groups in total. The first-order valence-electron chi connectivity index (χ1n) is 5.76. The molecule has 0 spiro atoms. The molecule has 0 fully saturated rings. The van der Waals surface area contributed by atoms with Crippen LogP contribution in [0.3, 0.4) is 0 Å². The van der Waals surface area contributed by atoms with Crippen LogP contribution in [0.5, 0.6) is 0 Å². The molecule has 0 aliphatic heterocycles. The van der Waals surface area contributed by atoms with Crippen LogP contribution in [0.2, 0.25) is 0 Å². The van der Waals surface area contributed by atoms with E-state index in [1.54, 1.807) is 24.3 Å². The molecule has 0 bridgehead atoms. The van der Waals surface area contributed by atoms with Crippen molar-refractivity contribution in [3.8, 4) is 11.3 Å². The largest absolute Gasteiger partial charge is 0.481 e. The highest BCUT2D eigenvalue weighted by Crippen LogP contribution is 2.20. The van der Waals surface area contributed by atoms with E-state index in [0.717, 1.165) is 6.07 Å². The monoisotopic (exact) mass is 278 g/mol. The Morgan fingerprint density at radius 1 is 1.30 bits per heavy atom. The summed E-state index contributed by atoms with van der Waals surface area (Å²) < 4.78 is 17.1. The summed E-state index contributed by atoms with van der Waals surface area (Å²) in [5.74, 6) is -0.971. The highest BCUT2D eigenvalue weighted by Gasteiger charge is 2.09. The number of hydrogen-bond acceptors (Lipinski definition) is 5. The topological polar surface area (TPSA) is 95.9 Å². The summed E-state index contributed by atoms with van der Waals surface area (Å²) in [5, 5.41) is 24.1. The van der Waals surface area contributed by atoms with Crippen LogP contribution in [0.4, 0.5) is 4.39 Å². The lowest BCUT2D eigenvalue weighted by molar-refractivity contribution is -0.136. The maximum absolute atomic E-state index is 12.7. The van der Waals surface area contributed by atoms with Crippen molar-refractivity contribution in [3.05, 3.63) is 41.9 Å². The first kappa shape index (κ1) is 13.7. The van der Waals surface area contributed by atoms with Crippen LogP contribution in [0.15, 0.2) is 40.0 Å². The fourth-order valence-corrected chi connectivity index (χ4v) is 1.70. The Morgan fingerprint density at radius 2 is 2.00 bits per heavy atom. The molecule has 20 heavy (non-hydrogen) atoms. The molecule has 2 aromatic rings. The van der Waals surface area contributed by atoms with E-state index in [2.05, 4.69) is 14.8 Å². The van der Waals surface area contributed by atoms with Crippen LogP contribution < -0.4 is 0 Å². The van der Waals surface area contributed by atoms with Gasteiger partial charge in [0.1, 0.15) is 5.69 Å². The van der Waals surface area contributed by atoms with Gasteiger partial charge in [-0.25, -0.2) is 0 Å². The first-order chi connectivity index (χ1) is 9.60.